The number of nitrogens with zero attached hydrogens (tertiary/aromatic N) is 2. The summed E-state index contributed by atoms with van der Waals surface area (Å²) in [5.41, 5.74) is 0.960. The first-order valence-electron chi connectivity index (χ1n) is 8.15. The summed E-state index contributed by atoms with van der Waals surface area (Å²) in [6, 6.07) is 10.4. The van der Waals surface area contributed by atoms with Crippen LogP contribution in [0.25, 0.3) is 10.8 Å². The fourth-order valence-electron chi connectivity index (χ4n) is 3.25. The second-order valence-corrected chi connectivity index (χ2v) is 5.99. The number of hydrogen-bond donors (Lipinski definition) is 1. The van der Waals surface area contributed by atoms with Crippen molar-refractivity contribution in [3.05, 3.63) is 47.5 Å². The van der Waals surface area contributed by atoms with Crippen LogP contribution in [-0.2, 0) is 4.74 Å². The lowest BCUT2D eigenvalue weighted by molar-refractivity contribution is 0.0498. The molecule has 4 amide bonds. The fourth-order valence-corrected chi connectivity index (χ4v) is 3.25. The lowest BCUT2D eigenvalue weighted by Gasteiger charge is -2.30. The molecule has 2 aliphatic rings. The molecule has 0 radical (unpaired) electrons. The molecular weight excluding hydrogens is 322 g/mol. The van der Waals surface area contributed by atoms with Crippen molar-refractivity contribution >= 4 is 28.6 Å². The molecule has 0 aromatic heterocycles. The second kappa shape index (κ2) is 6.18. The molecule has 4 rings (SSSR count). The third-order valence-electron chi connectivity index (χ3n) is 4.54. The van der Waals surface area contributed by atoms with Crippen LogP contribution in [0.1, 0.15) is 20.7 Å². The fraction of sp³-hybridized carbons (Fsp3) is 0.278. The first kappa shape index (κ1) is 15.6. The maximum Gasteiger partial charge on any atom is 0.318 e. The van der Waals surface area contributed by atoms with E-state index in [2.05, 4.69) is 5.32 Å². The molecule has 2 aromatic carbocycles. The molecule has 2 aliphatic heterocycles. The van der Waals surface area contributed by atoms with Crippen LogP contribution in [-0.4, -0.2) is 60.6 Å². The van der Waals surface area contributed by atoms with E-state index in [-0.39, 0.29) is 12.7 Å². The van der Waals surface area contributed by atoms with Crippen molar-refractivity contribution in [2.75, 3.05) is 33.0 Å². The highest BCUT2D eigenvalue weighted by Gasteiger charge is 2.33. The van der Waals surface area contributed by atoms with Crippen molar-refractivity contribution in [1.29, 1.82) is 0 Å². The van der Waals surface area contributed by atoms with Crippen LogP contribution in [0.2, 0.25) is 0 Å². The summed E-state index contributed by atoms with van der Waals surface area (Å²) < 4.78 is 5.21. The van der Waals surface area contributed by atoms with Crippen molar-refractivity contribution in [2.24, 2.45) is 0 Å². The van der Waals surface area contributed by atoms with E-state index < -0.39 is 11.8 Å². The quantitative estimate of drug-likeness (QED) is 0.840. The number of carbonyl (C=O) groups is 3. The van der Waals surface area contributed by atoms with E-state index in [4.69, 9.17) is 4.74 Å². The minimum absolute atomic E-state index is 0.154. The average molecular weight is 339 g/mol. The molecule has 0 unspecified atom stereocenters. The van der Waals surface area contributed by atoms with Crippen LogP contribution < -0.4 is 5.32 Å². The van der Waals surface area contributed by atoms with Gasteiger partial charge in [0.05, 0.1) is 13.2 Å². The molecule has 0 aliphatic carbocycles. The maximum atomic E-state index is 12.7. The summed E-state index contributed by atoms with van der Waals surface area (Å²) in [5.74, 6) is -0.784. The van der Waals surface area contributed by atoms with E-state index >= 15 is 0 Å². The predicted molar refractivity (Wildman–Crippen MR) is 90.2 cm³/mol. The minimum Gasteiger partial charge on any atom is -0.378 e. The number of imide groups is 1. The molecule has 128 valence electrons. The van der Waals surface area contributed by atoms with Crippen molar-refractivity contribution in [2.45, 2.75) is 0 Å². The van der Waals surface area contributed by atoms with Gasteiger partial charge >= 0.3 is 6.03 Å². The number of ether oxygens (including phenoxy) is 1. The van der Waals surface area contributed by atoms with Crippen LogP contribution in [0.5, 0.6) is 0 Å². The number of carbonyl (C=O) groups excluding carboxylic acids is 3. The van der Waals surface area contributed by atoms with E-state index in [0.29, 0.717) is 42.8 Å². The number of morpholine rings is 1. The zero-order valence-electron chi connectivity index (χ0n) is 13.5. The Bertz CT molecular complexity index is 823. The van der Waals surface area contributed by atoms with Gasteiger partial charge in [-0.2, -0.15) is 0 Å². The summed E-state index contributed by atoms with van der Waals surface area (Å²) >= 11 is 0. The van der Waals surface area contributed by atoms with E-state index in [1.807, 2.05) is 12.1 Å². The Kier molecular flexibility index (Phi) is 3.85. The SMILES string of the molecule is O=C(NCN1C(=O)c2cccc3cccc(c23)C1=O)N1CCOCC1. The topological polar surface area (TPSA) is 79.0 Å². The van der Waals surface area contributed by atoms with Crippen LogP contribution in [0.4, 0.5) is 4.79 Å². The van der Waals surface area contributed by atoms with Crippen molar-refractivity contribution in [1.82, 2.24) is 15.1 Å². The van der Waals surface area contributed by atoms with Crippen molar-refractivity contribution in [3.8, 4) is 0 Å². The number of nitrogens with one attached hydrogen (secondary N) is 1. The third kappa shape index (κ3) is 2.62. The zero-order valence-corrected chi connectivity index (χ0v) is 13.5. The Morgan fingerprint density at radius 1 is 1.00 bits per heavy atom. The summed E-state index contributed by atoms with van der Waals surface area (Å²) in [6.07, 6.45) is 0. The summed E-state index contributed by atoms with van der Waals surface area (Å²) in [5, 5.41) is 4.19. The van der Waals surface area contributed by atoms with Crippen LogP contribution in [0, 0.1) is 0 Å². The first-order valence-corrected chi connectivity index (χ1v) is 8.15. The normalized spacial score (nSPS) is 17.1. The van der Waals surface area contributed by atoms with Gasteiger partial charge in [-0.25, -0.2) is 4.79 Å². The number of benzene rings is 2. The van der Waals surface area contributed by atoms with E-state index in [1.54, 1.807) is 29.2 Å². The number of hydrogen-bond acceptors (Lipinski definition) is 4. The highest BCUT2D eigenvalue weighted by atomic mass is 16.5. The van der Waals surface area contributed by atoms with Crippen LogP contribution in [0.15, 0.2) is 36.4 Å². The van der Waals surface area contributed by atoms with E-state index in [1.165, 1.54) is 0 Å². The van der Waals surface area contributed by atoms with Gasteiger partial charge in [0.15, 0.2) is 0 Å². The molecule has 2 aromatic rings. The molecule has 0 bridgehead atoms. The molecule has 7 nitrogen and oxygen atoms in total. The molecule has 1 fully saturated rings. The summed E-state index contributed by atoms with van der Waals surface area (Å²) in [6.45, 7) is 1.82. The predicted octanol–water partition coefficient (Wildman–Crippen LogP) is 1.44. The third-order valence-corrected chi connectivity index (χ3v) is 4.54. The highest BCUT2D eigenvalue weighted by molar-refractivity contribution is 6.25. The van der Waals surface area contributed by atoms with Crippen LogP contribution >= 0.6 is 0 Å². The zero-order chi connectivity index (χ0) is 17.4. The van der Waals surface area contributed by atoms with Gasteiger partial charge < -0.3 is 15.0 Å². The van der Waals surface area contributed by atoms with Gasteiger partial charge in [0, 0.05) is 29.6 Å². The first-order chi connectivity index (χ1) is 12.2. The van der Waals surface area contributed by atoms with Gasteiger partial charge in [0.1, 0.15) is 6.67 Å². The van der Waals surface area contributed by atoms with Gasteiger partial charge in [-0.15, -0.1) is 0 Å². The summed E-state index contributed by atoms with van der Waals surface area (Å²) in [4.78, 5) is 40.3. The lowest BCUT2D eigenvalue weighted by Crippen LogP contribution is -2.52. The standard InChI is InChI=1S/C18H17N3O4/c22-16-13-5-1-3-12-4-2-6-14(15(12)13)17(23)21(16)11-19-18(24)20-7-9-25-10-8-20/h1-6H,7-11H2,(H,19,24). The van der Waals surface area contributed by atoms with Gasteiger partial charge in [-0.1, -0.05) is 24.3 Å². The van der Waals surface area contributed by atoms with E-state index in [0.717, 1.165) is 10.3 Å². The van der Waals surface area contributed by atoms with E-state index in [9.17, 15) is 14.4 Å². The van der Waals surface area contributed by atoms with Gasteiger partial charge in [-0.3, -0.25) is 14.5 Å². The Labute approximate surface area is 144 Å². The smallest absolute Gasteiger partial charge is 0.318 e. The van der Waals surface area contributed by atoms with Gasteiger partial charge in [-0.05, 0) is 17.5 Å². The van der Waals surface area contributed by atoms with Gasteiger partial charge in [0.25, 0.3) is 11.8 Å². The largest absolute Gasteiger partial charge is 0.378 e. The van der Waals surface area contributed by atoms with Gasteiger partial charge in [0.2, 0.25) is 0 Å². The second-order valence-electron chi connectivity index (χ2n) is 5.99. The number of amides is 4. The van der Waals surface area contributed by atoms with Crippen molar-refractivity contribution in [3.63, 3.8) is 0 Å². The average Bonchev–Trinajstić information content (AvgIpc) is 2.66. The molecule has 0 spiro atoms. The lowest BCUT2D eigenvalue weighted by atomic mass is 9.94. The summed E-state index contributed by atoms with van der Waals surface area (Å²) in [7, 11) is 0. The molecule has 25 heavy (non-hydrogen) atoms. The number of urea groups is 1. The maximum absolute atomic E-state index is 12.7. The van der Waals surface area contributed by atoms with Crippen LogP contribution in [0.3, 0.4) is 0 Å². The highest BCUT2D eigenvalue weighted by Crippen LogP contribution is 2.29. The molecular formula is C18H17N3O4. The molecule has 1 N–H and O–H groups in total. The Morgan fingerprint density at radius 2 is 1.60 bits per heavy atom. The Morgan fingerprint density at radius 3 is 2.20 bits per heavy atom. The monoisotopic (exact) mass is 339 g/mol. The Hall–Kier alpha value is -2.93. The molecule has 7 heteroatoms. The molecule has 1 saturated heterocycles. The van der Waals surface area contributed by atoms with Crippen molar-refractivity contribution < 1.29 is 19.1 Å². The molecule has 2 heterocycles. The Balaban J connectivity index is 1.57. The molecule has 0 atom stereocenters. The number of rotatable bonds is 2. The minimum atomic E-state index is -0.392. The molecule has 0 saturated carbocycles.